The molecule has 6 heteroatoms. The topological polar surface area (TPSA) is 92.5 Å². The lowest BCUT2D eigenvalue weighted by molar-refractivity contribution is -0.526. The highest BCUT2D eigenvalue weighted by Crippen LogP contribution is 2.21. The molecule has 2 atom stereocenters. The maximum Gasteiger partial charge on any atom is 0.331 e. The molecule has 0 spiro atoms. The van der Waals surface area contributed by atoms with Crippen LogP contribution < -0.4 is 5.32 Å². The highest BCUT2D eigenvalue weighted by Gasteiger charge is 2.35. The number of nitrogens with zero attached hydrogens (tertiary/aromatic N) is 1. The number of aliphatic carboxylic acids is 1. The normalized spacial score (nSPS) is 25.8. The average molecular weight is 214 g/mol. The largest absolute Gasteiger partial charge is 0.478 e. The van der Waals surface area contributed by atoms with Crippen LogP contribution in [0.5, 0.6) is 0 Å². The maximum atomic E-state index is 10.8. The molecule has 0 aromatic carbocycles. The van der Waals surface area contributed by atoms with Crippen LogP contribution in [0.1, 0.15) is 19.8 Å². The molecule has 2 N–H and O–H groups in total. The number of hydrogen-bond acceptors (Lipinski definition) is 4. The zero-order valence-corrected chi connectivity index (χ0v) is 8.47. The van der Waals surface area contributed by atoms with Crippen molar-refractivity contribution >= 4 is 5.97 Å². The summed E-state index contributed by atoms with van der Waals surface area (Å²) in [6.07, 6.45) is 1.97. The van der Waals surface area contributed by atoms with E-state index in [4.69, 9.17) is 5.11 Å². The molecule has 1 rings (SSSR count). The number of hydrogen-bond donors (Lipinski definition) is 2. The Morgan fingerprint density at radius 2 is 2.47 bits per heavy atom. The number of rotatable bonds is 4. The van der Waals surface area contributed by atoms with Gasteiger partial charge in [0, 0.05) is 16.9 Å². The summed E-state index contributed by atoms with van der Waals surface area (Å²) in [5.41, 5.74) is 0.144. The van der Waals surface area contributed by atoms with Crippen LogP contribution in [0, 0.1) is 10.1 Å². The first-order chi connectivity index (χ1) is 7.06. The zero-order chi connectivity index (χ0) is 11.4. The summed E-state index contributed by atoms with van der Waals surface area (Å²) in [5.74, 6) is -1.06. The molecule has 84 valence electrons. The Hall–Kier alpha value is -1.43. The van der Waals surface area contributed by atoms with Crippen LogP contribution in [-0.4, -0.2) is 34.6 Å². The van der Waals surface area contributed by atoms with Crippen LogP contribution in [0.3, 0.4) is 0 Å². The van der Waals surface area contributed by atoms with Crippen molar-refractivity contribution in [3.05, 3.63) is 21.8 Å². The number of carboxylic acid groups (broad SMARTS) is 1. The van der Waals surface area contributed by atoms with E-state index < -0.39 is 16.9 Å². The SMILES string of the molecule is CCNC1CC=C(C(=O)O)CC1[N+](=O)[O-]. The van der Waals surface area contributed by atoms with Crippen LogP contribution >= 0.6 is 0 Å². The van der Waals surface area contributed by atoms with E-state index in [1.54, 1.807) is 6.08 Å². The molecule has 0 aromatic heterocycles. The number of carbonyl (C=O) groups is 1. The fourth-order valence-electron chi connectivity index (χ4n) is 1.75. The van der Waals surface area contributed by atoms with Gasteiger partial charge in [-0.1, -0.05) is 13.0 Å². The van der Waals surface area contributed by atoms with Crippen molar-refractivity contribution in [2.75, 3.05) is 6.54 Å². The number of carboxylic acids is 1. The Labute approximate surface area is 87.1 Å². The predicted molar refractivity (Wildman–Crippen MR) is 53.2 cm³/mol. The van der Waals surface area contributed by atoms with E-state index in [1.165, 1.54) is 0 Å². The molecule has 0 aromatic rings. The third-order valence-electron chi connectivity index (χ3n) is 2.52. The molecule has 15 heavy (non-hydrogen) atoms. The van der Waals surface area contributed by atoms with E-state index in [-0.39, 0.29) is 18.0 Å². The summed E-state index contributed by atoms with van der Waals surface area (Å²) < 4.78 is 0. The van der Waals surface area contributed by atoms with Crippen molar-refractivity contribution < 1.29 is 14.8 Å². The summed E-state index contributed by atoms with van der Waals surface area (Å²) in [5, 5.41) is 22.5. The third kappa shape index (κ3) is 2.76. The lowest BCUT2D eigenvalue weighted by Crippen LogP contribution is -2.46. The van der Waals surface area contributed by atoms with Crippen molar-refractivity contribution in [1.82, 2.24) is 5.32 Å². The molecule has 0 amide bonds. The Balaban J connectivity index is 2.77. The maximum absolute atomic E-state index is 10.8. The fourth-order valence-corrected chi connectivity index (χ4v) is 1.75. The predicted octanol–water partition coefficient (Wildman–Crippen LogP) is 0.415. The molecule has 0 fully saturated rings. The highest BCUT2D eigenvalue weighted by atomic mass is 16.6. The van der Waals surface area contributed by atoms with E-state index in [9.17, 15) is 14.9 Å². The molecule has 1 aliphatic rings. The molecule has 1 aliphatic carbocycles. The zero-order valence-electron chi connectivity index (χ0n) is 8.47. The Morgan fingerprint density at radius 1 is 1.80 bits per heavy atom. The van der Waals surface area contributed by atoms with Gasteiger partial charge in [0.15, 0.2) is 0 Å². The monoisotopic (exact) mass is 214 g/mol. The average Bonchev–Trinajstić information content (AvgIpc) is 2.18. The number of likely N-dealkylation sites (N-methyl/N-ethyl adjacent to an activating group) is 1. The van der Waals surface area contributed by atoms with Crippen LogP contribution in [0.4, 0.5) is 0 Å². The first-order valence-corrected chi connectivity index (χ1v) is 4.85. The van der Waals surface area contributed by atoms with E-state index >= 15 is 0 Å². The summed E-state index contributed by atoms with van der Waals surface area (Å²) in [4.78, 5) is 21.0. The Kier molecular flexibility index (Phi) is 3.79. The highest BCUT2D eigenvalue weighted by molar-refractivity contribution is 5.86. The first kappa shape index (κ1) is 11.6. The van der Waals surface area contributed by atoms with Gasteiger partial charge in [-0.15, -0.1) is 0 Å². The van der Waals surface area contributed by atoms with E-state index in [1.807, 2.05) is 6.92 Å². The Morgan fingerprint density at radius 3 is 2.93 bits per heavy atom. The molecular formula is C9H14N2O4. The number of nitrogens with one attached hydrogen (secondary N) is 1. The lowest BCUT2D eigenvalue weighted by Gasteiger charge is -2.24. The summed E-state index contributed by atoms with van der Waals surface area (Å²) in [6.45, 7) is 2.51. The molecule has 0 aliphatic heterocycles. The summed E-state index contributed by atoms with van der Waals surface area (Å²) in [7, 11) is 0. The molecule has 0 radical (unpaired) electrons. The van der Waals surface area contributed by atoms with Crippen LogP contribution in [-0.2, 0) is 4.79 Å². The van der Waals surface area contributed by atoms with E-state index in [0.29, 0.717) is 13.0 Å². The molecular weight excluding hydrogens is 200 g/mol. The minimum atomic E-state index is -1.06. The van der Waals surface area contributed by atoms with E-state index in [2.05, 4.69) is 5.32 Å². The van der Waals surface area contributed by atoms with Crippen LogP contribution in [0.2, 0.25) is 0 Å². The molecule has 0 saturated carbocycles. The fraction of sp³-hybridized carbons (Fsp3) is 0.667. The van der Waals surface area contributed by atoms with Gasteiger partial charge in [0.1, 0.15) is 0 Å². The summed E-state index contributed by atoms with van der Waals surface area (Å²) >= 11 is 0. The first-order valence-electron chi connectivity index (χ1n) is 4.85. The van der Waals surface area contributed by atoms with Gasteiger partial charge in [0.25, 0.3) is 0 Å². The molecule has 0 heterocycles. The minimum absolute atomic E-state index is 0. The second-order valence-corrected chi connectivity index (χ2v) is 3.49. The standard InChI is InChI=1S/C9H14N2O4/c1-2-10-7-4-3-6(9(12)13)5-8(7)11(14)15/h3,7-8,10H,2,4-5H2,1H3,(H,12,13). The van der Waals surface area contributed by atoms with Crippen molar-refractivity contribution in [1.29, 1.82) is 0 Å². The van der Waals surface area contributed by atoms with Gasteiger partial charge in [-0.25, -0.2) is 4.79 Å². The van der Waals surface area contributed by atoms with Gasteiger partial charge in [0.05, 0.1) is 6.04 Å². The minimum Gasteiger partial charge on any atom is -0.478 e. The van der Waals surface area contributed by atoms with Gasteiger partial charge in [-0.3, -0.25) is 10.1 Å². The molecule has 0 saturated heterocycles. The van der Waals surface area contributed by atoms with Crippen LogP contribution in [0.15, 0.2) is 11.6 Å². The van der Waals surface area contributed by atoms with E-state index in [0.717, 1.165) is 0 Å². The van der Waals surface area contributed by atoms with Crippen molar-refractivity contribution in [2.24, 2.45) is 0 Å². The lowest BCUT2D eigenvalue weighted by atomic mass is 9.90. The Bertz CT molecular complexity index is 300. The summed E-state index contributed by atoms with van der Waals surface area (Å²) in [6, 6.07) is -1.09. The third-order valence-corrected chi connectivity index (χ3v) is 2.52. The quantitative estimate of drug-likeness (QED) is 0.522. The van der Waals surface area contributed by atoms with Crippen LogP contribution in [0.25, 0.3) is 0 Å². The van der Waals surface area contributed by atoms with Crippen molar-refractivity contribution in [3.8, 4) is 0 Å². The molecule has 6 nitrogen and oxygen atoms in total. The molecule has 2 unspecified atom stereocenters. The van der Waals surface area contributed by atoms with Gasteiger partial charge in [-0.2, -0.15) is 0 Å². The van der Waals surface area contributed by atoms with Gasteiger partial charge < -0.3 is 10.4 Å². The van der Waals surface area contributed by atoms with Gasteiger partial charge in [0.2, 0.25) is 6.04 Å². The smallest absolute Gasteiger partial charge is 0.331 e. The second kappa shape index (κ2) is 4.88. The van der Waals surface area contributed by atoms with Gasteiger partial charge in [-0.05, 0) is 13.0 Å². The molecule has 0 bridgehead atoms. The van der Waals surface area contributed by atoms with Crippen molar-refractivity contribution in [2.45, 2.75) is 31.8 Å². The van der Waals surface area contributed by atoms with Gasteiger partial charge >= 0.3 is 5.97 Å². The van der Waals surface area contributed by atoms with Crippen molar-refractivity contribution in [3.63, 3.8) is 0 Å². The number of nitro groups is 1. The second-order valence-electron chi connectivity index (χ2n) is 3.49.